The summed E-state index contributed by atoms with van der Waals surface area (Å²) in [6.07, 6.45) is 1.74. The Hall–Kier alpha value is -0.120. The minimum Gasteiger partial charge on any atom is -0.258 e. The molecule has 0 aliphatic heterocycles. The van der Waals surface area contributed by atoms with E-state index in [2.05, 4.69) is 34.2 Å². The monoisotopic (exact) mass is 235 g/mol. The molecule has 0 atom stereocenters. The molecule has 0 saturated heterocycles. The minimum absolute atomic E-state index is 0.959. The van der Waals surface area contributed by atoms with E-state index in [1.807, 2.05) is 17.9 Å². The van der Waals surface area contributed by atoms with Crippen LogP contribution in [0, 0.1) is 0 Å². The summed E-state index contributed by atoms with van der Waals surface area (Å²) in [5, 5.41) is 0. The zero-order valence-corrected chi connectivity index (χ0v) is 7.84. The molecule has 0 amide bonds. The maximum Gasteiger partial charge on any atom is 0.0436 e. The average Bonchev–Trinajstić information content (AvgIpc) is 1.87. The lowest BCUT2D eigenvalue weighted by molar-refractivity contribution is 1.32. The Bertz CT molecular complexity index is 156. The van der Waals surface area contributed by atoms with E-state index in [0.717, 1.165) is 11.4 Å². The molecule has 0 heterocycles. The lowest BCUT2D eigenvalue weighted by Crippen LogP contribution is -1.81. The number of halogens is 1. The van der Waals surface area contributed by atoms with Crippen molar-refractivity contribution in [1.82, 2.24) is 0 Å². The van der Waals surface area contributed by atoms with E-state index in [9.17, 15) is 0 Å². The maximum absolute atomic E-state index is 4.17. The van der Waals surface area contributed by atoms with Crippen LogP contribution >= 0.6 is 22.6 Å². The molecule has 0 N–H and O–H groups in total. The van der Waals surface area contributed by atoms with Crippen molar-refractivity contribution in [3.63, 3.8) is 0 Å². The van der Waals surface area contributed by atoms with Crippen molar-refractivity contribution < 1.29 is 0 Å². The summed E-state index contributed by atoms with van der Waals surface area (Å²) in [5.74, 6) is 0. The second-order valence-corrected chi connectivity index (χ2v) is 2.33. The first kappa shape index (κ1) is 8.88. The lowest BCUT2D eigenvalue weighted by Gasteiger charge is -1.89. The number of hydrogen-bond acceptors (Lipinski definition) is 1. The molecule has 0 rings (SSSR count). The van der Waals surface area contributed by atoms with Crippen LogP contribution in [0.1, 0.15) is 13.8 Å². The molecule has 0 unspecified atom stereocenters. The van der Waals surface area contributed by atoms with E-state index in [1.54, 1.807) is 6.08 Å². The topological polar surface area (TPSA) is 12.4 Å². The third-order valence-electron chi connectivity index (χ3n) is 0.806. The number of allylic oxidation sites excluding steroid dienone is 2. The highest BCUT2D eigenvalue weighted by Gasteiger charge is 1.81. The van der Waals surface area contributed by atoms with Crippen LogP contribution in [-0.4, -0.2) is 5.71 Å². The van der Waals surface area contributed by atoms with Crippen LogP contribution in [0.25, 0.3) is 0 Å². The van der Waals surface area contributed by atoms with Crippen molar-refractivity contribution in [3.8, 4) is 0 Å². The van der Waals surface area contributed by atoms with Crippen molar-refractivity contribution in [2.75, 3.05) is 0 Å². The Kier molecular flexibility index (Phi) is 4.67. The molecule has 1 nitrogen and oxygen atoms in total. The largest absolute Gasteiger partial charge is 0.258 e. The summed E-state index contributed by atoms with van der Waals surface area (Å²) in [4.78, 5) is 4.17. The predicted molar refractivity (Wildman–Crippen MR) is 51.1 cm³/mol. The Morgan fingerprint density at radius 3 is 2.44 bits per heavy atom. The third-order valence-corrected chi connectivity index (χ3v) is 1.71. The van der Waals surface area contributed by atoms with Gasteiger partial charge in [-0.2, -0.15) is 0 Å². The Morgan fingerprint density at radius 2 is 2.11 bits per heavy atom. The summed E-state index contributed by atoms with van der Waals surface area (Å²) >= 11 is 2.16. The van der Waals surface area contributed by atoms with Gasteiger partial charge in [-0.05, 0) is 24.0 Å². The standard InChI is InChI=1S/C7H10IN/c1-4-6(2)9-7(3)5-8/h4-5H,1H2,2-3H3/b7-5-,9-6-. The first-order valence-electron chi connectivity index (χ1n) is 2.65. The quantitative estimate of drug-likeness (QED) is 0.515. The molecule has 0 saturated carbocycles. The van der Waals surface area contributed by atoms with Crippen LogP contribution in [0.15, 0.2) is 27.4 Å². The van der Waals surface area contributed by atoms with Gasteiger partial charge in [0.1, 0.15) is 0 Å². The van der Waals surface area contributed by atoms with Gasteiger partial charge in [-0.3, -0.25) is 4.99 Å². The van der Waals surface area contributed by atoms with Gasteiger partial charge in [0.15, 0.2) is 0 Å². The Morgan fingerprint density at radius 1 is 1.56 bits per heavy atom. The van der Waals surface area contributed by atoms with Gasteiger partial charge in [0.05, 0.1) is 0 Å². The van der Waals surface area contributed by atoms with E-state index < -0.39 is 0 Å². The molecule has 0 aliphatic carbocycles. The second kappa shape index (κ2) is 4.73. The van der Waals surface area contributed by atoms with Gasteiger partial charge in [-0.1, -0.05) is 29.2 Å². The molecule has 0 aromatic carbocycles. The van der Waals surface area contributed by atoms with E-state index in [4.69, 9.17) is 0 Å². The molecule has 9 heavy (non-hydrogen) atoms. The minimum atomic E-state index is 0.959. The van der Waals surface area contributed by atoms with Gasteiger partial charge in [-0.15, -0.1) is 0 Å². The van der Waals surface area contributed by atoms with Crippen LogP contribution < -0.4 is 0 Å². The maximum atomic E-state index is 4.17. The highest BCUT2D eigenvalue weighted by Crippen LogP contribution is 1.99. The fourth-order valence-corrected chi connectivity index (χ4v) is 0.487. The first-order chi connectivity index (χ1) is 4.20. The fourth-order valence-electron chi connectivity index (χ4n) is 0.348. The van der Waals surface area contributed by atoms with Crippen molar-refractivity contribution in [1.29, 1.82) is 0 Å². The smallest absolute Gasteiger partial charge is 0.0436 e. The van der Waals surface area contributed by atoms with E-state index >= 15 is 0 Å². The third kappa shape index (κ3) is 4.39. The summed E-state index contributed by atoms with van der Waals surface area (Å²) in [7, 11) is 0. The van der Waals surface area contributed by atoms with Crippen LogP contribution in [-0.2, 0) is 0 Å². The SMILES string of the molecule is C=C/C(C)=N\C(C)=C/I. The van der Waals surface area contributed by atoms with Crippen LogP contribution in [0.4, 0.5) is 0 Å². The Labute approximate surface area is 69.7 Å². The number of hydrogen-bond donors (Lipinski definition) is 0. The summed E-state index contributed by atoms with van der Waals surface area (Å²) < 4.78 is 1.94. The summed E-state index contributed by atoms with van der Waals surface area (Å²) in [6.45, 7) is 7.47. The van der Waals surface area contributed by atoms with E-state index in [-0.39, 0.29) is 0 Å². The number of rotatable bonds is 2. The highest BCUT2D eigenvalue weighted by atomic mass is 127. The van der Waals surface area contributed by atoms with Gasteiger partial charge in [0.25, 0.3) is 0 Å². The van der Waals surface area contributed by atoms with Gasteiger partial charge >= 0.3 is 0 Å². The van der Waals surface area contributed by atoms with Crippen molar-refractivity contribution in [2.45, 2.75) is 13.8 Å². The van der Waals surface area contributed by atoms with Gasteiger partial charge in [-0.25, -0.2) is 0 Å². The molecule has 50 valence electrons. The van der Waals surface area contributed by atoms with Gasteiger partial charge in [0.2, 0.25) is 0 Å². The molecule has 0 fully saturated rings. The molecule has 0 radical (unpaired) electrons. The van der Waals surface area contributed by atoms with E-state index in [1.165, 1.54) is 0 Å². The normalized spacial score (nSPS) is 13.7. The molecule has 0 aliphatic rings. The highest BCUT2D eigenvalue weighted by molar-refractivity contribution is 14.1. The molecule has 0 aromatic rings. The second-order valence-electron chi connectivity index (χ2n) is 1.71. The molecule has 0 aromatic heterocycles. The molecule has 0 spiro atoms. The summed E-state index contributed by atoms with van der Waals surface area (Å²) in [5.41, 5.74) is 1.98. The Balaban J connectivity index is 4.11. The zero-order chi connectivity index (χ0) is 7.28. The van der Waals surface area contributed by atoms with Crippen molar-refractivity contribution in [2.24, 2.45) is 4.99 Å². The van der Waals surface area contributed by atoms with Crippen molar-refractivity contribution >= 4 is 28.3 Å². The average molecular weight is 235 g/mol. The predicted octanol–water partition coefficient (Wildman–Crippen LogP) is 2.93. The zero-order valence-electron chi connectivity index (χ0n) is 5.69. The van der Waals surface area contributed by atoms with Crippen LogP contribution in [0.2, 0.25) is 0 Å². The van der Waals surface area contributed by atoms with Gasteiger partial charge < -0.3 is 0 Å². The number of nitrogens with zero attached hydrogens (tertiary/aromatic N) is 1. The van der Waals surface area contributed by atoms with Gasteiger partial charge in [0, 0.05) is 11.4 Å². The molecule has 0 bridgehead atoms. The first-order valence-corrected chi connectivity index (χ1v) is 3.90. The number of aliphatic imine (C=N–C) groups is 1. The fraction of sp³-hybridized carbons (Fsp3) is 0.286. The summed E-state index contributed by atoms with van der Waals surface area (Å²) in [6, 6.07) is 0. The van der Waals surface area contributed by atoms with Crippen LogP contribution in [0.3, 0.4) is 0 Å². The van der Waals surface area contributed by atoms with Crippen LogP contribution in [0.5, 0.6) is 0 Å². The lowest BCUT2D eigenvalue weighted by atomic mass is 10.4. The van der Waals surface area contributed by atoms with E-state index in [0.29, 0.717) is 0 Å². The van der Waals surface area contributed by atoms with Crippen molar-refractivity contribution in [3.05, 3.63) is 22.4 Å². The molecular formula is C7H10IN. The molecular weight excluding hydrogens is 225 g/mol. The molecule has 2 heteroatoms.